The summed E-state index contributed by atoms with van der Waals surface area (Å²) in [5.74, 6) is -1.03. The fourth-order valence-electron chi connectivity index (χ4n) is 6.96. The highest BCUT2D eigenvalue weighted by molar-refractivity contribution is 5.71. The number of allylic oxidation sites excluding steroid dienone is 22. The molecule has 6 heteroatoms. The summed E-state index contributed by atoms with van der Waals surface area (Å²) in [6, 6.07) is 0. The number of carbonyl (C=O) groups excluding carboxylic acids is 3. The minimum atomic E-state index is -0.828. The van der Waals surface area contributed by atoms with Crippen molar-refractivity contribution in [2.24, 2.45) is 0 Å². The van der Waals surface area contributed by atoms with Gasteiger partial charge in [0.2, 0.25) is 0 Å². The number of ether oxygens (including phenoxy) is 3. The van der Waals surface area contributed by atoms with Gasteiger partial charge in [-0.2, -0.15) is 0 Å². The Morgan fingerprint density at radius 1 is 0.304 bits per heavy atom. The van der Waals surface area contributed by atoms with Gasteiger partial charge in [0, 0.05) is 19.3 Å². The number of unbranched alkanes of at least 4 members (excludes halogenated alkanes) is 15. The van der Waals surface area contributed by atoms with Gasteiger partial charge in [-0.05, 0) is 135 Å². The maximum absolute atomic E-state index is 12.8. The Bertz CT molecular complexity index is 1510. The molecule has 0 N–H and O–H groups in total. The highest BCUT2D eigenvalue weighted by atomic mass is 16.6. The van der Waals surface area contributed by atoms with E-state index in [4.69, 9.17) is 14.2 Å². The molecule has 0 aromatic carbocycles. The number of hydrogen-bond donors (Lipinski definition) is 0. The van der Waals surface area contributed by atoms with Gasteiger partial charge >= 0.3 is 17.9 Å². The molecule has 0 aliphatic heterocycles. The summed E-state index contributed by atoms with van der Waals surface area (Å²) in [6.45, 7) is 6.37. The fraction of sp³-hybridized carbons (Fsp3) is 0.603. The smallest absolute Gasteiger partial charge is 0.306 e. The summed E-state index contributed by atoms with van der Waals surface area (Å²) >= 11 is 0. The van der Waals surface area contributed by atoms with Gasteiger partial charge in [-0.25, -0.2) is 0 Å². The molecule has 0 rings (SSSR count). The van der Waals surface area contributed by atoms with Crippen molar-refractivity contribution in [3.05, 3.63) is 134 Å². The van der Waals surface area contributed by atoms with Crippen LogP contribution in [0.5, 0.6) is 0 Å². The summed E-state index contributed by atoms with van der Waals surface area (Å²) in [5, 5.41) is 0. The molecule has 0 unspecified atom stereocenters. The van der Waals surface area contributed by atoms with E-state index in [0.717, 1.165) is 128 Å². The molecular formula is C63H100O6. The summed E-state index contributed by atoms with van der Waals surface area (Å²) in [4.78, 5) is 38.1. The Hall–Kier alpha value is -4.45. The van der Waals surface area contributed by atoms with E-state index < -0.39 is 6.10 Å². The fourth-order valence-corrected chi connectivity index (χ4v) is 6.96. The van der Waals surface area contributed by atoms with Gasteiger partial charge < -0.3 is 14.2 Å². The van der Waals surface area contributed by atoms with Crippen LogP contribution in [0.15, 0.2) is 134 Å². The molecule has 0 aromatic heterocycles. The summed E-state index contributed by atoms with van der Waals surface area (Å²) in [6.07, 6.45) is 78.6. The first kappa shape index (κ1) is 64.5. The molecule has 0 aromatic rings. The monoisotopic (exact) mass is 953 g/mol. The third kappa shape index (κ3) is 54.4. The zero-order valence-corrected chi connectivity index (χ0v) is 44.3. The summed E-state index contributed by atoms with van der Waals surface area (Å²) in [5.41, 5.74) is 0. The average molecular weight is 953 g/mol. The van der Waals surface area contributed by atoms with Crippen LogP contribution >= 0.6 is 0 Å². The Morgan fingerprint density at radius 2 is 0.580 bits per heavy atom. The Morgan fingerprint density at radius 3 is 0.928 bits per heavy atom. The second-order valence-corrected chi connectivity index (χ2v) is 17.7. The molecule has 0 aliphatic rings. The second kappa shape index (κ2) is 56.1. The predicted octanol–water partition coefficient (Wildman–Crippen LogP) is 18.6. The molecule has 1 atom stereocenters. The van der Waals surface area contributed by atoms with Gasteiger partial charge in [-0.15, -0.1) is 0 Å². The van der Waals surface area contributed by atoms with Gasteiger partial charge in [-0.1, -0.05) is 206 Å². The van der Waals surface area contributed by atoms with Gasteiger partial charge in [0.1, 0.15) is 13.2 Å². The normalized spacial score (nSPS) is 13.1. The van der Waals surface area contributed by atoms with Crippen LogP contribution in [0.3, 0.4) is 0 Å². The van der Waals surface area contributed by atoms with E-state index in [1.807, 2.05) is 0 Å². The van der Waals surface area contributed by atoms with Crippen LogP contribution in [-0.4, -0.2) is 37.2 Å². The first-order chi connectivity index (χ1) is 34.0. The Balaban J connectivity index is 4.59. The van der Waals surface area contributed by atoms with Crippen molar-refractivity contribution in [1.82, 2.24) is 0 Å². The van der Waals surface area contributed by atoms with Crippen molar-refractivity contribution < 1.29 is 28.6 Å². The van der Waals surface area contributed by atoms with Crippen LogP contribution in [0.2, 0.25) is 0 Å². The van der Waals surface area contributed by atoms with Crippen molar-refractivity contribution in [1.29, 1.82) is 0 Å². The molecule has 0 heterocycles. The van der Waals surface area contributed by atoms with Crippen LogP contribution < -0.4 is 0 Å². The average Bonchev–Trinajstić information content (AvgIpc) is 3.35. The maximum Gasteiger partial charge on any atom is 0.306 e. The molecule has 0 aliphatic carbocycles. The predicted molar refractivity (Wildman–Crippen MR) is 297 cm³/mol. The van der Waals surface area contributed by atoms with Crippen molar-refractivity contribution >= 4 is 17.9 Å². The molecular weight excluding hydrogens is 853 g/mol. The molecule has 0 fully saturated rings. The first-order valence-corrected chi connectivity index (χ1v) is 27.7. The Kier molecular flexibility index (Phi) is 52.5. The first-order valence-electron chi connectivity index (χ1n) is 27.7. The number of esters is 3. The van der Waals surface area contributed by atoms with Gasteiger partial charge in [0.25, 0.3) is 0 Å². The van der Waals surface area contributed by atoms with E-state index >= 15 is 0 Å². The van der Waals surface area contributed by atoms with Crippen molar-refractivity contribution in [3.63, 3.8) is 0 Å². The quantitative estimate of drug-likeness (QED) is 0.0262. The van der Waals surface area contributed by atoms with E-state index in [2.05, 4.69) is 154 Å². The lowest BCUT2D eigenvalue weighted by Gasteiger charge is -2.18. The molecule has 0 saturated heterocycles. The van der Waals surface area contributed by atoms with Gasteiger partial charge in [0.15, 0.2) is 6.10 Å². The van der Waals surface area contributed by atoms with Crippen molar-refractivity contribution in [3.8, 4) is 0 Å². The van der Waals surface area contributed by atoms with Gasteiger partial charge in [-0.3, -0.25) is 14.4 Å². The zero-order valence-electron chi connectivity index (χ0n) is 44.3. The molecule has 6 nitrogen and oxygen atoms in total. The van der Waals surface area contributed by atoms with Crippen molar-refractivity contribution in [2.75, 3.05) is 13.2 Å². The minimum Gasteiger partial charge on any atom is -0.462 e. The number of carbonyl (C=O) groups is 3. The molecule has 69 heavy (non-hydrogen) atoms. The van der Waals surface area contributed by atoms with E-state index in [1.165, 1.54) is 51.4 Å². The topological polar surface area (TPSA) is 78.9 Å². The lowest BCUT2D eigenvalue weighted by molar-refractivity contribution is -0.167. The van der Waals surface area contributed by atoms with E-state index in [0.29, 0.717) is 12.8 Å². The van der Waals surface area contributed by atoms with E-state index in [9.17, 15) is 14.4 Å². The molecule has 0 amide bonds. The van der Waals surface area contributed by atoms with Crippen LogP contribution in [0, 0.1) is 0 Å². The molecule has 0 spiro atoms. The Labute approximate surface area is 424 Å². The molecule has 0 saturated carbocycles. The van der Waals surface area contributed by atoms with Crippen LogP contribution in [0.25, 0.3) is 0 Å². The third-order valence-electron chi connectivity index (χ3n) is 11.1. The standard InChI is InChI=1S/C63H100O6/c1-4-7-10-13-16-19-22-25-28-31-34-37-40-43-46-49-52-55-61(64)67-58-60(69-63(66)57-54-51-48-45-42-39-36-33-30-27-24-21-18-15-12-9-6-3)59-68-62(65)56-53-50-47-44-41-38-35-32-29-26-23-20-17-14-11-8-5-2/h7,10,16-21,25-30,34-39,43,46,60H,4-6,8-9,11-15,22-24,31-33,40-42,44-45,47-59H2,1-3H3/b10-7+,19-16+,20-17+,21-18+,28-25+,29-26+,30-27+,37-34+,38-35+,39-36+,46-43+/t60-/m0/s1. The van der Waals surface area contributed by atoms with Crippen LogP contribution in [0.4, 0.5) is 0 Å². The van der Waals surface area contributed by atoms with Crippen molar-refractivity contribution in [2.45, 2.75) is 232 Å². The lowest BCUT2D eigenvalue weighted by Crippen LogP contribution is -2.30. The number of hydrogen-bond acceptors (Lipinski definition) is 6. The SMILES string of the molecule is CC/C=C/C/C=C/C/C=C/C/C=C/C/C=C/CCCC(=O)OC[C@@H](COC(=O)CCCCCC/C=C/C/C=C/C/C=C/CCCCC)OC(=O)CCCCCC/C=C/C/C=C/C/C=C/CCCCC. The van der Waals surface area contributed by atoms with E-state index in [-0.39, 0.29) is 44.0 Å². The largest absolute Gasteiger partial charge is 0.462 e. The molecule has 388 valence electrons. The van der Waals surface area contributed by atoms with Crippen LogP contribution in [-0.2, 0) is 28.6 Å². The lowest BCUT2D eigenvalue weighted by atomic mass is 10.1. The second-order valence-electron chi connectivity index (χ2n) is 17.7. The highest BCUT2D eigenvalue weighted by Crippen LogP contribution is 2.12. The molecule has 0 radical (unpaired) electrons. The van der Waals surface area contributed by atoms with E-state index in [1.54, 1.807) is 0 Å². The van der Waals surface area contributed by atoms with Crippen LogP contribution in [0.1, 0.15) is 226 Å². The van der Waals surface area contributed by atoms with Gasteiger partial charge in [0.05, 0.1) is 0 Å². The number of rotatable bonds is 48. The maximum atomic E-state index is 12.8. The minimum absolute atomic E-state index is 0.121. The molecule has 0 bridgehead atoms. The third-order valence-corrected chi connectivity index (χ3v) is 11.1. The summed E-state index contributed by atoms with van der Waals surface area (Å²) in [7, 11) is 0. The zero-order chi connectivity index (χ0) is 50.0. The summed E-state index contributed by atoms with van der Waals surface area (Å²) < 4.78 is 16.8. The highest BCUT2D eigenvalue weighted by Gasteiger charge is 2.19.